The molecular formula is C24H25N5O3S. The second-order valence-electron chi connectivity index (χ2n) is 8.02. The predicted octanol–water partition coefficient (Wildman–Crippen LogP) is 4.36. The summed E-state index contributed by atoms with van der Waals surface area (Å²) in [6.07, 6.45) is 1.53. The number of amides is 3. The molecule has 1 aromatic heterocycles. The third-order valence-corrected chi connectivity index (χ3v) is 6.34. The lowest BCUT2D eigenvalue weighted by atomic mass is 10.1. The third kappa shape index (κ3) is 5.43. The van der Waals surface area contributed by atoms with Gasteiger partial charge in [-0.05, 0) is 49.2 Å². The van der Waals surface area contributed by atoms with E-state index < -0.39 is 0 Å². The summed E-state index contributed by atoms with van der Waals surface area (Å²) in [5, 5.41) is 15.0. The van der Waals surface area contributed by atoms with Crippen LogP contribution in [-0.4, -0.2) is 34.5 Å². The van der Waals surface area contributed by atoms with Crippen molar-refractivity contribution in [1.82, 2.24) is 10.2 Å². The van der Waals surface area contributed by atoms with Gasteiger partial charge in [-0.2, -0.15) is 0 Å². The lowest BCUT2D eigenvalue weighted by Crippen LogP contribution is -2.24. The summed E-state index contributed by atoms with van der Waals surface area (Å²) in [5.74, 6) is -0.450. The summed E-state index contributed by atoms with van der Waals surface area (Å²) < 4.78 is 0. The number of hydrogen-bond donors (Lipinski definition) is 2. The molecule has 9 heteroatoms. The van der Waals surface area contributed by atoms with Gasteiger partial charge in [0, 0.05) is 42.2 Å². The fourth-order valence-corrected chi connectivity index (χ4v) is 4.56. The van der Waals surface area contributed by atoms with Gasteiger partial charge in [0.25, 0.3) is 5.91 Å². The molecule has 33 heavy (non-hydrogen) atoms. The van der Waals surface area contributed by atoms with Gasteiger partial charge in [-0.3, -0.25) is 19.7 Å². The molecule has 0 spiro atoms. The van der Waals surface area contributed by atoms with Crippen LogP contribution in [0.3, 0.4) is 0 Å². The SMILES string of the molecule is CCCC(=O)Nc1cccc(C(=O)Nc2nnc(C3CC(=O)N(c4cccc(C)c4)C3)s2)c1. The summed E-state index contributed by atoms with van der Waals surface area (Å²) >= 11 is 1.27. The van der Waals surface area contributed by atoms with Gasteiger partial charge in [-0.1, -0.05) is 36.5 Å². The Morgan fingerprint density at radius 2 is 1.94 bits per heavy atom. The van der Waals surface area contributed by atoms with Gasteiger partial charge in [0.1, 0.15) is 5.01 Å². The smallest absolute Gasteiger partial charge is 0.257 e. The fourth-order valence-electron chi connectivity index (χ4n) is 3.73. The molecule has 1 saturated heterocycles. The molecule has 3 aromatic rings. The number of benzene rings is 2. The zero-order valence-electron chi connectivity index (χ0n) is 18.5. The van der Waals surface area contributed by atoms with Gasteiger partial charge in [0.05, 0.1) is 0 Å². The first kappa shape index (κ1) is 22.6. The van der Waals surface area contributed by atoms with Gasteiger partial charge in [0.15, 0.2) is 0 Å². The summed E-state index contributed by atoms with van der Waals surface area (Å²) in [6.45, 7) is 4.46. The van der Waals surface area contributed by atoms with Crippen molar-refractivity contribution < 1.29 is 14.4 Å². The maximum absolute atomic E-state index is 12.7. The average Bonchev–Trinajstić information content (AvgIpc) is 3.40. The summed E-state index contributed by atoms with van der Waals surface area (Å²) in [6, 6.07) is 14.6. The van der Waals surface area contributed by atoms with Crippen LogP contribution in [0, 0.1) is 6.92 Å². The van der Waals surface area contributed by atoms with Crippen molar-refractivity contribution >= 4 is 45.6 Å². The van der Waals surface area contributed by atoms with Crippen molar-refractivity contribution in [3.8, 4) is 0 Å². The average molecular weight is 464 g/mol. The number of carbonyl (C=O) groups excluding carboxylic acids is 3. The second-order valence-corrected chi connectivity index (χ2v) is 9.03. The van der Waals surface area contributed by atoms with Gasteiger partial charge in [-0.15, -0.1) is 10.2 Å². The fraction of sp³-hybridized carbons (Fsp3) is 0.292. The Hall–Kier alpha value is -3.59. The zero-order chi connectivity index (χ0) is 23.4. The molecule has 2 N–H and O–H groups in total. The quantitative estimate of drug-likeness (QED) is 0.542. The minimum Gasteiger partial charge on any atom is -0.326 e. The molecular weight excluding hydrogens is 438 g/mol. The Morgan fingerprint density at radius 3 is 2.73 bits per heavy atom. The largest absolute Gasteiger partial charge is 0.326 e. The first-order chi connectivity index (χ1) is 15.9. The lowest BCUT2D eigenvalue weighted by Gasteiger charge is -2.16. The molecule has 8 nitrogen and oxygen atoms in total. The number of nitrogens with zero attached hydrogens (tertiary/aromatic N) is 3. The Bertz CT molecular complexity index is 1190. The first-order valence-electron chi connectivity index (χ1n) is 10.8. The van der Waals surface area contributed by atoms with Crippen molar-refractivity contribution in [2.24, 2.45) is 0 Å². The molecule has 1 fully saturated rings. The van der Waals surface area contributed by atoms with Gasteiger partial charge >= 0.3 is 0 Å². The lowest BCUT2D eigenvalue weighted by molar-refractivity contribution is -0.117. The first-order valence-corrected chi connectivity index (χ1v) is 11.7. The molecule has 0 bridgehead atoms. The van der Waals surface area contributed by atoms with Crippen LogP contribution < -0.4 is 15.5 Å². The Morgan fingerprint density at radius 1 is 1.12 bits per heavy atom. The normalized spacial score (nSPS) is 15.5. The van der Waals surface area contributed by atoms with Crippen LogP contribution in [0.2, 0.25) is 0 Å². The molecule has 1 unspecified atom stereocenters. The highest BCUT2D eigenvalue weighted by molar-refractivity contribution is 7.15. The molecule has 2 aromatic carbocycles. The van der Waals surface area contributed by atoms with E-state index in [1.54, 1.807) is 29.2 Å². The van der Waals surface area contributed by atoms with Gasteiger partial charge < -0.3 is 10.2 Å². The summed E-state index contributed by atoms with van der Waals surface area (Å²) in [4.78, 5) is 38.8. The number of nitrogens with one attached hydrogen (secondary N) is 2. The van der Waals surface area contributed by atoms with Crippen LogP contribution in [0.1, 0.15) is 53.0 Å². The van der Waals surface area contributed by atoms with Crippen LogP contribution >= 0.6 is 11.3 Å². The van der Waals surface area contributed by atoms with Crippen LogP contribution in [-0.2, 0) is 9.59 Å². The molecule has 1 aliphatic rings. The number of carbonyl (C=O) groups is 3. The highest BCUT2D eigenvalue weighted by atomic mass is 32.1. The standard InChI is InChI=1S/C24H25N5O3S/c1-3-6-20(30)25-18-9-5-8-16(12-18)22(32)26-24-28-27-23(33-24)17-13-21(31)29(14-17)19-10-4-7-15(2)11-19/h4-5,7-12,17H,3,6,13-14H2,1-2H3,(H,25,30)(H,26,28,32). The third-order valence-electron chi connectivity index (χ3n) is 5.33. The van der Waals surface area contributed by atoms with Gasteiger partial charge in [0.2, 0.25) is 16.9 Å². The number of rotatable bonds is 7. The number of anilines is 3. The number of hydrogen-bond acceptors (Lipinski definition) is 6. The molecule has 2 heterocycles. The molecule has 1 aliphatic heterocycles. The van der Waals surface area contributed by atoms with E-state index in [0.29, 0.717) is 35.8 Å². The van der Waals surface area contributed by atoms with E-state index >= 15 is 0 Å². The van der Waals surface area contributed by atoms with Crippen molar-refractivity contribution in [2.45, 2.75) is 39.0 Å². The van der Waals surface area contributed by atoms with Crippen molar-refractivity contribution in [1.29, 1.82) is 0 Å². The van der Waals surface area contributed by atoms with E-state index in [4.69, 9.17) is 0 Å². The maximum atomic E-state index is 12.7. The number of aromatic nitrogens is 2. The van der Waals surface area contributed by atoms with Crippen LogP contribution in [0.5, 0.6) is 0 Å². The summed E-state index contributed by atoms with van der Waals surface area (Å²) in [7, 11) is 0. The molecule has 0 radical (unpaired) electrons. The van der Waals surface area contributed by atoms with E-state index in [-0.39, 0.29) is 23.6 Å². The van der Waals surface area contributed by atoms with E-state index in [9.17, 15) is 14.4 Å². The second kappa shape index (κ2) is 9.91. The highest BCUT2D eigenvalue weighted by Gasteiger charge is 2.34. The minimum atomic E-state index is -0.340. The van der Waals surface area contributed by atoms with E-state index in [1.165, 1.54) is 11.3 Å². The zero-order valence-corrected chi connectivity index (χ0v) is 19.3. The topological polar surface area (TPSA) is 104 Å². The molecule has 0 saturated carbocycles. The van der Waals surface area contributed by atoms with Gasteiger partial charge in [-0.25, -0.2) is 0 Å². The van der Waals surface area contributed by atoms with Crippen molar-refractivity contribution in [3.05, 3.63) is 64.7 Å². The molecule has 3 amide bonds. The van der Waals surface area contributed by atoms with Crippen molar-refractivity contribution in [3.63, 3.8) is 0 Å². The van der Waals surface area contributed by atoms with Crippen LogP contribution in [0.15, 0.2) is 48.5 Å². The van der Waals surface area contributed by atoms with Crippen molar-refractivity contribution in [2.75, 3.05) is 22.1 Å². The molecule has 170 valence electrons. The highest BCUT2D eigenvalue weighted by Crippen LogP contribution is 2.34. The summed E-state index contributed by atoms with van der Waals surface area (Å²) in [5.41, 5.74) is 2.95. The van der Waals surface area contributed by atoms with Crippen LogP contribution in [0.25, 0.3) is 0 Å². The maximum Gasteiger partial charge on any atom is 0.257 e. The Balaban J connectivity index is 1.40. The molecule has 4 rings (SSSR count). The minimum absolute atomic E-state index is 0.0494. The van der Waals surface area contributed by atoms with E-state index in [1.807, 2.05) is 38.1 Å². The number of aryl methyl sites for hydroxylation is 1. The predicted molar refractivity (Wildman–Crippen MR) is 129 cm³/mol. The van der Waals surface area contributed by atoms with E-state index in [0.717, 1.165) is 22.7 Å². The van der Waals surface area contributed by atoms with Crippen LogP contribution in [0.4, 0.5) is 16.5 Å². The monoisotopic (exact) mass is 463 g/mol. The Labute approximate surface area is 196 Å². The Kier molecular flexibility index (Phi) is 6.79. The molecule has 0 aliphatic carbocycles. The molecule has 1 atom stereocenters. The van der Waals surface area contributed by atoms with E-state index in [2.05, 4.69) is 20.8 Å².